The fourth-order valence-corrected chi connectivity index (χ4v) is 2.03. The van der Waals surface area contributed by atoms with Crippen LogP contribution in [0.5, 0.6) is 0 Å². The first-order valence-electron chi connectivity index (χ1n) is 6.18. The highest BCUT2D eigenvalue weighted by Gasteiger charge is 2.30. The van der Waals surface area contributed by atoms with E-state index in [1.807, 2.05) is 20.8 Å². The molecule has 0 bridgehead atoms. The minimum Gasteiger partial charge on any atom is -0.352 e. The lowest BCUT2D eigenvalue weighted by atomic mass is 9.83. The molecule has 1 N–H and O–H groups in total. The first kappa shape index (κ1) is 13.2. The van der Waals surface area contributed by atoms with Crippen LogP contribution < -0.4 is 5.32 Å². The number of carbonyl (C=O) groups excluding carboxylic acids is 2. The fourth-order valence-electron chi connectivity index (χ4n) is 2.03. The molecule has 3 nitrogen and oxygen atoms in total. The number of Topliss-reactive ketones (excluding diaryl/α,β-unsaturated/α-hetero) is 1. The molecular weight excluding hydrogens is 202 g/mol. The fraction of sp³-hybridized carbons (Fsp3) is 0.846. The molecule has 16 heavy (non-hydrogen) atoms. The Balaban J connectivity index is 2.47. The number of nitrogens with one attached hydrogen (secondary N) is 1. The Kier molecular flexibility index (Phi) is 4.11. The predicted molar refractivity (Wildman–Crippen MR) is 64.0 cm³/mol. The van der Waals surface area contributed by atoms with Crippen molar-refractivity contribution in [3.05, 3.63) is 0 Å². The predicted octanol–water partition coefficient (Wildman–Crippen LogP) is 2.30. The average molecular weight is 225 g/mol. The summed E-state index contributed by atoms with van der Waals surface area (Å²) in [6.45, 7) is 7.72. The van der Waals surface area contributed by atoms with Crippen molar-refractivity contribution in [1.82, 2.24) is 5.32 Å². The van der Waals surface area contributed by atoms with E-state index in [2.05, 4.69) is 12.2 Å². The molecule has 0 spiro atoms. The zero-order chi connectivity index (χ0) is 12.3. The van der Waals surface area contributed by atoms with Gasteiger partial charge in [0.25, 0.3) is 0 Å². The van der Waals surface area contributed by atoms with Crippen molar-refractivity contribution in [2.24, 2.45) is 11.3 Å². The summed E-state index contributed by atoms with van der Waals surface area (Å²) in [6, 6.07) is 0.0574. The highest BCUT2D eigenvalue weighted by Crippen LogP contribution is 2.24. The summed E-state index contributed by atoms with van der Waals surface area (Å²) in [5, 5.41) is 2.97. The van der Waals surface area contributed by atoms with Crippen LogP contribution >= 0.6 is 0 Å². The van der Waals surface area contributed by atoms with Crippen LogP contribution in [0.1, 0.15) is 53.4 Å². The van der Waals surface area contributed by atoms with Gasteiger partial charge in [0.1, 0.15) is 5.78 Å². The number of carbonyl (C=O) groups is 2. The van der Waals surface area contributed by atoms with Crippen LogP contribution in [0.3, 0.4) is 0 Å². The van der Waals surface area contributed by atoms with Crippen LogP contribution in [0.25, 0.3) is 0 Å². The van der Waals surface area contributed by atoms with E-state index in [9.17, 15) is 9.59 Å². The van der Waals surface area contributed by atoms with Gasteiger partial charge in [-0.2, -0.15) is 0 Å². The van der Waals surface area contributed by atoms with Gasteiger partial charge in [-0.05, 0) is 19.3 Å². The minimum absolute atomic E-state index is 0.0419. The lowest BCUT2D eigenvalue weighted by molar-refractivity contribution is -0.131. The highest BCUT2D eigenvalue weighted by atomic mass is 16.2. The molecule has 0 saturated heterocycles. The van der Waals surface area contributed by atoms with Gasteiger partial charge in [0, 0.05) is 23.8 Å². The van der Waals surface area contributed by atoms with E-state index in [0.29, 0.717) is 12.2 Å². The van der Waals surface area contributed by atoms with Gasteiger partial charge in [-0.3, -0.25) is 9.59 Å². The Morgan fingerprint density at radius 2 is 2.00 bits per heavy atom. The largest absolute Gasteiger partial charge is 0.352 e. The van der Waals surface area contributed by atoms with E-state index in [4.69, 9.17) is 0 Å². The molecule has 92 valence electrons. The molecule has 3 heteroatoms. The molecule has 0 aromatic rings. The molecule has 0 radical (unpaired) electrons. The van der Waals surface area contributed by atoms with Crippen LogP contribution in [-0.2, 0) is 9.59 Å². The lowest BCUT2D eigenvalue weighted by Crippen LogP contribution is -2.45. The SMILES string of the molecule is CC[C@@H]1CC[C@@H](NC(=O)C(C)(C)C)CC1=O. The topological polar surface area (TPSA) is 46.2 Å². The number of hydrogen-bond donors (Lipinski definition) is 1. The molecule has 0 aromatic carbocycles. The minimum atomic E-state index is -0.370. The summed E-state index contributed by atoms with van der Waals surface area (Å²) in [4.78, 5) is 23.5. The van der Waals surface area contributed by atoms with Crippen molar-refractivity contribution >= 4 is 11.7 Å². The monoisotopic (exact) mass is 225 g/mol. The summed E-state index contributed by atoms with van der Waals surface area (Å²) in [5.41, 5.74) is -0.370. The second-order valence-corrected chi connectivity index (χ2v) is 5.77. The van der Waals surface area contributed by atoms with Gasteiger partial charge >= 0.3 is 0 Å². The van der Waals surface area contributed by atoms with Crippen molar-refractivity contribution in [2.75, 3.05) is 0 Å². The van der Waals surface area contributed by atoms with E-state index in [1.54, 1.807) is 0 Å². The van der Waals surface area contributed by atoms with Crippen molar-refractivity contribution in [3.63, 3.8) is 0 Å². The molecule has 0 heterocycles. The third-order valence-corrected chi connectivity index (χ3v) is 3.28. The molecule has 1 aliphatic rings. The van der Waals surface area contributed by atoms with Gasteiger partial charge in [-0.1, -0.05) is 27.7 Å². The van der Waals surface area contributed by atoms with Crippen molar-refractivity contribution in [2.45, 2.75) is 59.4 Å². The molecule has 1 rings (SSSR count). The second kappa shape index (κ2) is 4.98. The number of rotatable bonds is 2. The van der Waals surface area contributed by atoms with Crippen LogP contribution in [0.2, 0.25) is 0 Å². The second-order valence-electron chi connectivity index (χ2n) is 5.77. The summed E-state index contributed by atoms with van der Waals surface area (Å²) in [7, 11) is 0. The van der Waals surface area contributed by atoms with E-state index in [0.717, 1.165) is 19.3 Å². The average Bonchev–Trinajstić information content (AvgIpc) is 2.16. The summed E-state index contributed by atoms with van der Waals surface area (Å²) < 4.78 is 0. The summed E-state index contributed by atoms with van der Waals surface area (Å²) in [5.74, 6) is 0.580. The quantitative estimate of drug-likeness (QED) is 0.783. The maximum absolute atomic E-state index is 11.8. The van der Waals surface area contributed by atoms with E-state index < -0.39 is 0 Å². The first-order valence-corrected chi connectivity index (χ1v) is 6.18. The maximum Gasteiger partial charge on any atom is 0.225 e. The van der Waals surface area contributed by atoms with E-state index in [-0.39, 0.29) is 23.3 Å². The molecule has 0 aromatic heterocycles. The Bertz CT molecular complexity index is 278. The van der Waals surface area contributed by atoms with E-state index >= 15 is 0 Å². The third-order valence-electron chi connectivity index (χ3n) is 3.28. The highest BCUT2D eigenvalue weighted by molar-refractivity contribution is 5.85. The van der Waals surface area contributed by atoms with Crippen molar-refractivity contribution in [1.29, 1.82) is 0 Å². The molecule has 1 aliphatic carbocycles. The van der Waals surface area contributed by atoms with E-state index in [1.165, 1.54) is 0 Å². The molecule has 0 aliphatic heterocycles. The van der Waals surface area contributed by atoms with Crippen LogP contribution in [0.4, 0.5) is 0 Å². The first-order chi connectivity index (χ1) is 7.34. The zero-order valence-electron chi connectivity index (χ0n) is 10.8. The van der Waals surface area contributed by atoms with Gasteiger partial charge in [-0.15, -0.1) is 0 Å². The molecule has 0 unspecified atom stereocenters. The Hall–Kier alpha value is -0.860. The Labute approximate surface area is 98.0 Å². The Morgan fingerprint density at radius 3 is 2.44 bits per heavy atom. The molecule has 1 saturated carbocycles. The molecule has 1 amide bonds. The van der Waals surface area contributed by atoms with Gasteiger partial charge < -0.3 is 5.32 Å². The Morgan fingerprint density at radius 1 is 1.38 bits per heavy atom. The number of ketones is 1. The smallest absolute Gasteiger partial charge is 0.225 e. The van der Waals surface area contributed by atoms with Crippen LogP contribution in [0.15, 0.2) is 0 Å². The van der Waals surface area contributed by atoms with Crippen molar-refractivity contribution < 1.29 is 9.59 Å². The summed E-state index contributed by atoms with van der Waals surface area (Å²) >= 11 is 0. The molecular formula is C13H23NO2. The standard InChI is InChI=1S/C13H23NO2/c1-5-9-6-7-10(8-11(9)15)14-12(16)13(2,3)4/h9-10H,5-8H2,1-4H3,(H,14,16)/t9-,10-/m1/s1. The number of hydrogen-bond acceptors (Lipinski definition) is 2. The van der Waals surface area contributed by atoms with Gasteiger partial charge in [0.2, 0.25) is 5.91 Å². The van der Waals surface area contributed by atoms with Crippen LogP contribution in [0, 0.1) is 11.3 Å². The number of amides is 1. The normalized spacial score (nSPS) is 26.6. The third kappa shape index (κ3) is 3.32. The zero-order valence-corrected chi connectivity index (χ0v) is 10.8. The van der Waals surface area contributed by atoms with Gasteiger partial charge in [0.05, 0.1) is 0 Å². The molecule has 2 atom stereocenters. The van der Waals surface area contributed by atoms with Gasteiger partial charge in [0.15, 0.2) is 0 Å². The van der Waals surface area contributed by atoms with Crippen LogP contribution in [-0.4, -0.2) is 17.7 Å². The summed E-state index contributed by atoms with van der Waals surface area (Å²) in [6.07, 6.45) is 3.30. The maximum atomic E-state index is 11.8. The lowest BCUT2D eigenvalue weighted by Gasteiger charge is -2.29. The van der Waals surface area contributed by atoms with Gasteiger partial charge in [-0.25, -0.2) is 0 Å². The molecule has 1 fully saturated rings. The van der Waals surface area contributed by atoms with Crippen molar-refractivity contribution in [3.8, 4) is 0 Å².